The van der Waals surface area contributed by atoms with E-state index in [4.69, 9.17) is 17.3 Å². The Morgan fingerprint density at radius 2 is 1.81 bits per heavy atom. The summed E-state index contributed by atoms with van der Waals surface area (Å²) in [5, 5.41) is 0.535. The first-order valence-corrected chi connectivity index (χ1v) is 5.84. The standard InChI is InChI=1S/C12H9ClFNS/c13-8-4-3-6-10(15)12(8)16-11-7-2-1-5-9(11)14/h1-7H,15H2. The zero-order chi connectivity index (χ0) is 11.5. The molecule has 82 valence electrons. The van der Waals surface area contributed by atoms with Gasteiger partial charge in [-0.05, 0) is 24.3 Å². The predicted molar refractivity (Wildman–Crippen MR) is 66.4 cm³/mol. The van der Waals surface area contributed by atoms with Crippen molar-refractivity contribution in [2.45, 2.75) is 9.79 Å². The fraction of sp³-hybridized carbons (Fsp3) is 0. The molecule has 0 radical (unpaired) electrons. The second kappa shape index (κ2) is 4.76. The van der Waals surface area contributed by atoms with Crippen LogP contribution in [0.1, 0.15) is 0 Å². The Morgan fingerprint density at radius 3 is 2.50 bits per heavy atom. The van der Waals surface area contributed by atoms with Crippen LogP contribution in [-0.4, -0.2) is 0 Å². The van der Waals surface area contributed by atoms with Crippen molar-refractivity contribution < 1.29 is 4.39 Å². The number of benzene rings is 2. The summed E-state index contributed by atoms with van der Waals surface area (Å²) in [5.74, 6) is -0.271. The van der Waals surface area contributed by atoms with Gasteiger partial charge in [0.2, 0.25) is 0 Å². The molecule has 0 atom stereocenters. The molecular formula is C12H9ClFNS. The third kappa shape index (κ3) is 2.31. The summed E-state index contributed by atoms with van der Waals surface area (Å²) < 4.78 is 13.4. The Morgan fingerprint density at radius 1 is 1.06 bits per heavy atom. The molecule has 0 saturated carbocycles. The van der Waals surface area contributed by atoms with Crippen LogP contribution >= 0.6 is 23.4 Å². The minimum Gasteiger partial charge on any atom is -0.398 e. The van der Waals surface area contributed by atoms with Crippen molar-refractivity contribution in [3.63, 3.8) is 0 Å². The van der Waals surface area contributed by atoms with Crippen molar-refractivity contribution in [1.82, 2.24) is 0 Å². The molecule has 1 nitrogen and oxygen atoms in total. The fourth-order valence-electron chi connectivity index (χ4n) is 1.27. The van der Waals surface area contributed by atoms with E-state index < -0.39 is 0 Å². The molecule has 2 aromatic carbocycles. The Labute approximate surface area is 102 Å². The molecule has 0 heterocycles. The Kier molecular flexibility index (Phi) is 3.36. The molecule has 0 aromatic heterocycles. The van der Waals surface area contributed by atoms with Crippen molar-refractivity contribution in [2.75, 3.05) is 5.73 Å². The second-order valence-electron chi connectivity index (χ2n) is 3.19. The summed E-state index contributed by atoms with van der Waals surface area (Å²) in [5.41, 5.74) is 6.35. The lowest BCUT2D eigenvalue weighted by atomic mass is 10.3. The largest absolute Gasteiger partial charge is 0.398 e. The van der Waals surface area contributed by atoms with Gasteiger partial charge in [-0.2, -0.15) is 0 Å². The van der Waals surface area contributed by atoms with Crippen LogP contribution in [0.4, 0.5) is 10.1 Å². The van der Waals surface area contributed by atoms with Crippen LogP contribution in [0.15, 0.2) is 52.3 Å². The lowest BCUT2D eigenvalue weighted by Crippen LogP contribution is -1.89. The zero-order valence-electron chi connectivity index (χ0n) is 8.28. The maximum absolute atomic E-state index is 13.4. The number of nitrogen functional groups attached to an aromatic ring is 1. The smallest absolute Gasteiger partial charge is 0.137 e. The van der Waals surface area contributed by atoms with Gasteiger partial charge in [0.15, 0.2) is 0 Å². The highest BCUT2D eigenvalue weighted by Gasteiger charge is 2.09. The highest BCUT2D eigenvalue weighted by Crippen LogP contribution is 2.38. The van der Waals surface area contributed by atoms with Crippen molar-refractivity contribution in [1.29, 1.82) is 0 Å². The van der Waals surface area contributed by atoms with Gasteiger partial charge in [-0.25, -0.2) is 4.39 Å². The predicted octanol–water partition coefficient (Wildman–Crippen LogP) is 4.21. The number of hydrogen-bond donors (Lipinski definition) is 1. The summed E-state index contributed by atoms with van der Waals surface area (Å²) in [6.07, 6.45) is 0. The number of anilines is 1. The SMILES string of the molecule is Nc1cccc(Cl)c1Sc1ccccc1F. The topological polar surface area (TPSA) is 26.0 Å². The first kappa shape index (κ1) is 11.3. The van der Waals surface area contributed by atoms with Crippen LogP contribution in [-0.2, 0) is 0 Å². The summed E-state index contributed by atoms with van der Waals surface area (Å²) in [6, 6.07) is 11.8. The molecule has 0 fully saturated rings. The minimum atomic E-state index is -0.271. The van der Waals surface area contributed by atoms with Gasteiger partial charge in [-0.15, -0.1) is 0 Å². The van der Waals surface area contributed by atoms with E-state index in [0.717, 1.165) is 0 Å². The Hall–Kier alpha value is -1.19. The number of hydrogen-bond acceptors (Lipinski definition) is 2. The number of nitrogens with two attached hydrogens (primary N) is 1. The molecule has 0 spiro atoms. The average molecular weight is 254 g/mol. The van der Waals surface area contributed by atoms with Crippen molar-refractivity contribution >= 4 is 29.1 Å². The number of rotatable bonds is 2. The maximum Gasteiger partial charge on any atom is 0.137 e. The van der Waals surface area contributed by atoms with Gasteiger partial charge in [0.05, 0.1) is 9.92 Å². The first-order valence-electron chi connectivity index (χ1n) is 4.65. The van der Waals surface area contributed by atoms with Gasteiger partial charge >= 0.3 is 0 Å². The quantitative estimate of drug-likeness (QED) is 0.812. The van der Waals surface area contributed by atoms with E-state index in [1.165, 1.54) is 17.8 Å². The average Bonchev–Trinajstić information content (AvgIpc) is 2.26. The molecule has 0 aliphatic carbocycles. The first-order chi connectivity index (χ1) is 7.68. The molecular weight excluding hydrogens is 245 g/mol. The van der Waals surface area contributed by atoms with Crippen LogP contribution in [0.2, 0.25) is 5.02 Å². The van der Waals surface area contributed by atoms with Crippen LogP contribution in [0, 0.1) is 5.82 Å². The van der Waals surface area contributed by atoms with E-state index in [-0.39, 0.29) is 5.82 Å². The van der Waals surface area contributed by atoms with E-state index in [0.29, 0.717) is 20.5 Å². The van der Waals surface area contributed by atoms with Gasteiger partial charge < -0.3 is 5.73 Å². The van der Waals surface area contributed by atoms with E-state index in [2.05, 4.69) is 0 Å². The Bertz CT molecular complexity index is 496. The molecule has 4 heteroatoms. The summed E-state index contributed by atoms with van der Waals surface area (Å²) in [6.45, 7) is 0. The molecule has 16 heavy (non-hydrogen) atoms. The molecule has 0 aliphatic heterocycles. The van der Waals surface area contributed by atoms with E-state index in [1.54, 1.807) is 36.4 Å². The zero-order valence-corrected chi connectivity index (χ0v) is 9.86. The van der Waals surface area contributed by atoms with Crippen LogP contribution in [0.25, 0.3) is 0 Å². The maximum atomic E-state index is 13.4. The number of halogens is 2. The third-order valence-electron chi connectivity index (χ3n) is 2.05. The van der Waals surface area contributed by atoms with Gasteiger partial charge in [-0.3, -0.25) is 0 Å². The molecule has 0 saturated heterocycles. The Balaban J connectivity index is 2.38. The van der Waals surface area contributed by atoms with Gasteiger partial charge in [-0.1, -0.05) is 41.6 Å². The molecule has 2 rings (SSSR count). The third-order valence-corrected chi connectivity index (χ3v) is 3.68. The molecule has 0 bridgehead atoms. The van der Waals surface area contributed by atoms with E-state index in [1.807, 2.05) is 0 Å². The van der Waals surface area contributed by atoms with Crippen LogP contribution in [0.3, 0.4) is 0 Å². The molecule has 0 amide bonds. The monoisotopic (exact) mass is 253 g/mol. The fourth-order valence-corrected chi connectivity index (χ4v) is 2.45. The van der Waals surface area contributed by atoms with Gasteiger partial charge in [0.1, 0.15) is 5.82 Å². The summed E-state index contributed by atoms with van der Waals surface area (Å²) >= 11 is 7.24. The van der Waals surface area contributed by atoms with Crippen LogP contribution < -0.4 is 5.73 Å². The highest BCUT2D eigenvalue weighted by molar-refractivity contribution is 7.99. The van der Waals surface area contributed by atoms with Crippen molar-refractivity contribution in [3.05, 3.63) is 53.3 Å². The lowest BCUT2D eigenvalue weighted by Gasteiger charge is -2.07. The van der Waals surface area contributed by atoms with E-state index >= 15 is 0 Å². The lowest BCUT2D eigenvalue weighted by molar-refractivity contribution is 0.602. The molecule has 2 aromatic rings. The minimum absolute atomic E-state index is 0.271. The second-order valence-corrected chi connectivity index (χ2v) is 4.65. The van der Waals surface area contributed by atoms with Gasteiger partial charge in [0, 0.05) is 10.6 Å². The highest BCUT2D eigenvalue weighted by atomic mass is 35.5. The van der Waals surface area contributed by atoms with E-state index in [9.17, 15) is 4.39 Å². The normalized spacial score (nSPS) is 10.4. The molecule has 0 unspecified atom stereocenters. The molecule has 2 N–H and O–H groups in total. The van der Waals surface area contributed by atoms with Crippen LogP contribution in [0.5, 0.6) is 0 Å². The summed E-state index contributed by atoms with van der Waals surface area (Å²) in [4.78, 5) is 1.21. The molecule has 0 aliphatic rings. The van der Waals surface area contributed by atoms with Crippen molar-refractivity contribution in [3.8, 4) is 0 Å². The summed E-state index contributed by atoms with van der Waals surface area (Å²) in [7, 11) is 0. The van der Waals surface area contributed by atoms with Gasteiger partial charge in [0.25, 0.3) is 0 Å². The van der Waals surface area contributed by atoms with Crippen molar-refractivity contribution in [2.24, 2.45) is 0 Å².